The van der Waals surface area contributed by atoms with Crippen molar-refractivity contribution in [1.29, 1.82) is 0 Å². The number of rotatable bonds is 7. The van der Waals surface area contributed by atoms with Crippen LogP contribution in [0.4, 0.5) is 0 Å². The van der Waals surface area contributed by atoms with Gasteiger partial charge in [-0.15, -0.1) is 11.3 Å². The maximum Gasteiger partial charge on any atom is 0.226 e. The first-order valence-corrected chi connectivity index (χ1v) is 11.0. The number of nitrogens with zero attached hydrogens (tertiary/aromatic N) is 4. The summed E-state index contributed by atoms with van der Waals surface area (Å²) >= 11 is 1.63. The van der Waals surface area contributed by atoms with Gasteiger partial charge in [0.05, 0.1) is 12.0 Å². The van der Waals surface area contributed by atoms with Crippen LogP contribution in [0, 0.1) is 0 Å². The molecule has 158 valence electrons. The van der Waals surface area contributed by atoms with Crippen LogP contribution in [0.15, 0.2) is 79.3 Å². The number of thiophene rings is 1. The highest BCUT2D eigenvalue weighted by Crippen LogP contribution is 2.47. The Balaban J connectivity index is 1.79. The summed E-state index contributed by atoms with van der Waals surface area (Å²) in [5.74, 6) is 1.03. The molecule has 0 radical (unpaired) electrons. The lowest BCUT2D eigenvalue weighted by Gasteiger charge is -2.10. The summed E-state index contributed by atoms with van der Waals surface area (Å²) < 4.78 is 11.3. The van der Waals surface area contributed by atoms with E-state index >= 15 is 0 Å². The van der Waals surface area contributed by atoms with Gasteiger partial charge >= 0.3 is 0 Å². The van der Waals surface area contributed by atoms with Crippen LogP contribution in [0.5, 0.6) is 5.88 Å². The minimum absolute atomic E-state index is 0.385. The molecule has 3 heterocycles. The molecule has 2 aromatic carbocycles. The summed E-state index contributed by atoms with van der Waals surface area (Å²) in [6, 6.07) is 22.4. The Labute approximate surface area is 189 Å². The second-order valence-electron chi connectivity index (χ2n) is 7.01. The topological polar surface area (TPSA) is 70.0 Å². The lowest BCUT2D eigenvalue weighted by Crippen LogP contribution is -2.07. The summed E-state index contributed by atoms with van der Waals surface area (Å²) in [5, 5.41) is 0.897. The van der Waals surface area contributed by atoms with Crippen LogP contribution in [0.2, 0.25) is 0 Å². The van der Waals surface area contributed by atoms with E-state index in [-0.39, 0.29) is 0 Å². The second-order valence-corrected chi connectivity index (χ2v) is 8.01. The van der Waals surface area contributed by atoms with Gasteiger partial charge in [0, 0.05) is 23.7 Å². The molecule has 0 amide bonds. The number of methoxy groups -OCH3 is 1. The summed E-state index contributed by atoms with van der Waals surface area (Å²) in [7, 11) is 1.65. The molecule has 0 bridgehead atoms. The van der Waals surface area contributed by atoms with Gasteiger partial charge in [-0.05, 0) is 17.2 Å². The molecular formula is C25H20N4O2S. The summed E-state index contributed by atoms with van der Waals surface area (Å²) in [6.45, 7) is 0.848. The Morgan fingerprint density at radius 2 is 1.59 bits per heavy atom. The highest BCUT2D eigenvalue weighted by atomic mass is 32.1. The third-order valence-electron chi connectivity index (χ3n) is 4.95. The van der Waals surface area contributed by atoms with E-state index < -0.39 is 0 Å². The first-order valence-electron chi connectivity index (χ1n) is 10.2. The molecule has 0 saturated carbocycles. The molecule has 0 atom stereocenters. The van der Waals surface area contributed by atoms with Gasteiger partial charge in [0.1, 0.15) is 23.5 Å². The van der Waals surface area contributed by atoms with Crippen molar-refractivity contribution in [2.24, 2.45) is 0 Å². The molecule has 0 saturated heterocycles. The van der Waals surface area contributed by atoms with E-state index in [9.17, 15) is 0 Å². The average molecular weight is 441 g/mol. The standard InChI is InChI=1S/C25H20N4O2S/c1-30-14-15-31-24-21-20(17-8-4-2-5-9-17)22(18-10-6-3-7-11-18)32-25(21)29-23(28-24)19-12-13-26-16-27-19/h2-13,16H,14-15H2,1H3. The van der Waals surface area contributed by atoms with Crippen molar-refractivity contribution < 1.29 is 9.47 Å². The van der Waals surface area contributed by atoms with Crippen molar-refractivity contribution in [3.05, 3.63) is 79.3 Å². The third kappa shape index (κ3) is 3.95. The molecule has 0 unspecified atom stereocenters. The van der Waals surface area contributed by atoms with Gasteiger partial charge in [0.2, 0.25) is 5.88 Å². The van der Waals surface area contributed by atoms with Gasteiger partial charge < -0.3 is 9.47 Å². The van der Waals surface area contributed by atoms with E-state index in [1.807, 2.05) is 36.4 Å². The summed E-state index contributed by atoms with van der Waals surface area (Å²) in [6.07, 6.45) is 3.17. The maximum absolute atomic E-state index is 6.12. The predicted molar refractivity (Wildman–Crippen MR) is 127 cm³/mol. The second kappa shape index (κ2) is 9.21. The van der Waals surface area contributed by atoms with E-state index in [0.717, 1.165) is 31.8 Å². The number of hydrogen-bond acceptors (Lipinski definition) is 7. The van der Waals surface area contributed by atoms with Gasteiger partial charge in [-0.3, -0.25) is 0 Å². The third-order valence-corrected chi connectivity index (χ3v) is 6.09. The van der Waals surface area contributed by atoms with Crippen molar-refractivity contribution >= 4 is 21.6 Å². The Morgan fingerprint density at radius 1 is 0.844 bits per heavy atom. The van der Waals surface area contributed by atoms with Gasteiger partial charge in [0.25, 0.3) is 0 Å². The SMILES string of the molecule is COCCOc1nc(-c2ccncn2)nc2sc(-c3ccccc3)c(-c3ccccc3)c12. The molecule has 0 fully saturated rings. The zero-order chi connectivity index (χ0) is 21.8. The first kappa shape index (κ1) is 20.2. The van der Waals surface area contributed by atoms with Crippen LogP contribution in [-0.4, -0.2) is 40.3 Å². The first-order chi connectivity index (χ1) is 15.8. The number of aromatic nitrogens is 4. The maximum atomic E-state index is 6.12. The number of hydrogen-bond donors (Lipinski definition) is 0. The van der Waals surface area contributed by atoms with Crippen LogP contribution in [0.1, 0.15) is 0 Å². The molecule has 0 aliphatic rings. The normalized spacial score (nSPS) is 11.0. The van der Waals surface area contributed by atoms with Gasteiger partial charge in [0.15, 0.2) is 5.82 Å². The molecule has 3 aromatic heterocycles. The van der Waals surface area contributed by atoms with E-state index in [1.165, 1.54) is 6.33 Å². The molecule has 5 rings (SSSR count). The monoisotopic (exact) mass is 440 g/mol. The fraction of sp³-hybridized carbons (Fsp3) is 0.120. The van der Waals surface area contributed by atoms with Crippen LogP contribution in [0.3, 0.4) is 0 Å². The molecule has 5 aromatic rings. The smallest absolute Gasteiger partial charge is 0.226 e. The van der Waals surface area contributed by atoms with Crippen molar-refractivity contribution in [3.8, 4) is 39.0 Å². The summed E-state index contributed by atoms with van der Waals surface area (Å²) in [4.78, 5) is 19.9. The van der Waals surface area contributed by atoms with Crippen LogP contribution >= 0.6 is 11.3 Å². The molecule has 7 heteroatoms. The van der Waals surface area contributed by atoms with Crippen LogP contribution in [0.25, 0.3) is 43.3 Å². The lowest BCUT2D eigenvalue weighted by molar-refractivity contribution is 0.144. The fourth-order valence-corrected chi connectivity index (χ4v) is 4.70. The largest absolute Gasteiger partial charge is 0.475 e. The van der Waals surface area contributed by atoms with Crippen LogP contribution < -0.4 is 4.74 Å². The minimum atomic E-state index is 0.385. The Kier molecular flexibility index (Phi) is 5.83. The van der Waals surface area contributed by atoms with Crippen molar-refractivity contribution in [2.75, 3.05) is 20.3 Å². The fourth-order valence-electron chi connectivity index (χ4n) is 3.51. The van der Waals surface area contributed by atoms with E-state index in [0.29, 0.717) is 30.6 Å². The number of benzene rings is 2. The van der Waals surface area contributed by atoms with Crippen LogP contribution in [-0.2, 0) is 4.74 Å². The number of ether oxygens (including phenoxy) is 2. The predicted octanol–water partition coefficient (Wildman–Crippen LogP) is 5.51. The summed E-state index contributed by atoms with van der Waals surface area (Å²) in [5.41, 5.74) is 3.93. The van der Waals surface area contributed by atoms with Crippen molar-refractivity contribution in [1.82, 2.24) is 19.9 Å². The molecular weight excluding hydrogens is 420 g/mol. The molecule has 0 spiro atoms. The Morgan fingerprint density at radius 3 is 2.28 bits per heavy atom. The van der Waals surface area contributed by atoms with Crippen molar-refractivity contribution in [3.63, 3.8) is 0 Å². The zero-order valence-corrected chi connectivity index (χ0v) is 18.2. The van der Waals surface area contributed by atoms with Crippen molar-refractivity contribution in [2.45, 2.75) is 0 Å². The number of fused-ring (bicyclic) bond motifs is 1. The molecule has 0 N–H and O–H groups in total. The molecule has 32 heavy (non-hydrogen) atoms. The van der Waals surface area contributed by atoms with Gasteiger partial charge in [-0.1, -0.05) is 60.7 Å². The molecule has 0 aliphatic heterocycles. The highest BCUT2D eigenvalue weighted by Gasteiger charge is 2.23. The van der Waals surface area contributed by atoms with E-state index in [4.69, 9.17) is 19.4 Å². The lowest BCUT2D eigenvalue weighted by atomic mass is 10.00. The Hall–Kier alpha value is -3.68. The Bertz CT molecular complexity index is 1330. The van der Waals surface area contributed by atoms with E-state index in [1.54, 1.807) is 30.7 Å². The van der Waals surface area contributed by atoms with Gasteiger partial charge in [-0.2, -0.15) is 4.98 Å². The quantitative estimate of drug-likeness (QED) is 0.311. The van der Waals surface area contributed by atoms with Gasteiger partial charge in [-0.25, -0.2) is 15.0 Å². The van der Waals surface area contributed by atoms with E-state index in [2.05, 4.69) is 34.2 Å². The molecule has 6 nitrogen and oxygen atoms in total. The highest BCUT2D eigenvalue weighted by molar-refractivity contribution is 7.22. The minimum Gasteiger partial charge on any atom is -0.475 e. The average Bonchev–Trinajstić information content (AvgIpc) is 3.25. The molecule has 0 aliphatic carbocycles. The zero-order valence-electron chi connectivity index (χ0n) is 17.4.